The van der Waals surface area contributed by atoms with Gasteiger partial charge in [0.1, 0.15) is 5.75 Å². The van der Waals surface area contributed by atoms with Crippen LogP contribution in [0.2, 0.25) is 0 Å². The minimum atomic E-state index is -0.0664. The Balaban J connectivity index is 1.81. The fourth-order valence-electron chi connectivity index (χ4n) is 2.08. The lowest BCUT2D eigenvalue weighted by atomic mass is 10.1. The Labute approximate surface area is 131 Å². The van der Waals surface area contributed by atoms with Crippen molar-refractivity contribution in [2.24, 2.45) is 0 Å². The van der Waals surface area contributed by atoms with Crippen molar-refractivity contribution in [1.29, 1.82) is 0 Å². The van der Waals surface area contributed by atoms with Crippen molar-refractivity contribution in [3.05, 3.63) is 65.7 Å². The van der Waals surface area contributed by atoms with E-state index in [-0.39, 0.29) is 19.1 Å². The summed E-state index contributed by atoms with van der Waals surface area (Å²) in [4.78, 5) is 13.7. The second-order valence-corrected chi connectivity index (χ2v) is 5.14. The Bertz CT molecular complexity index is 581. The molecule has 4 nitrogen and oxygen atoms in total. The predicted molar refractivity (Wildman–Crippen MR) is 85.6 cm³/mol. The maximum atomic E-state index is 12.1. The zero-order valence-electron chi connectivity index (χ0n) is 12.7. The number of likely N-dealkylation sites (N-methyl/N-ethyl adjacent to an activating group) is 1. The van der Waals surface area contributed by atoms with Crippen molar-refractivity contribution >= 4 is 5.91 Å². The van der Waals surface area contributed by atoms with E-state index in [1.807, 2.05) is 54.6 Å². The SMILES string of the molecule is CN(Cc1ccccc1)C(=O)COc1ccc(CCO)cc1. The topological polar surface area (TPSA) is 49.8 Å². The Morgan fingerprint density at radius 1 is 1.05 bits per heavy atom. The highest BCUT2D eigenvalue weighted by atomic mass is 16.5. The number of aliphatic hydroxyl groups is 1. The first-order valence-corrected chi connectivity index (χ1v) is 7.29. The molecule has 0 aromatic heterocycles. The zero-order valence-corrected chi connectivity index (χ0v) is 12.7. The summed E-state index contributed by atoms with van der Waals surface area (Å²) in [5, 5.41) is 8.87. The average Bonchev–Trinajstić information content (AvgIpc) is 2.55. The molecule has 116 valence electrons. The fraction of sp³-hybridized carbons (Fsp3) is 0.278. The Morgan fingerprint density at radius 3 is 2.36 bits per heavy atom. The molecule has 0 aliphatic carbocycles. The lowest BCUT2D eigenvalue weighted by molar-refractivity contribution is -0.132. The Morgan fingerprint density at radius 2 is 1.73 bits per heavy atom. The van der Waals surface area contributed by atoms with Crippen molar-refractivity contribution in [1.82, 2.24) is 4.90 Å². The number of carbonyl (C=O) groups excluding carboxylic acids is 1. The van der Waals surface area contributed by atoms with E-state index in [0.29, 0.717) is 18.7 Å². The second kappa shape index (κ2) is 8.20. The lowest BCUT2D eigenvalue weighted by Crippen LogP contribution is -2.30. The summed E-state index contributed by atoms with van der Waals surface area (Å²) >= 11 is 0. The molecule has 0 spiro atoms. The van der Waals surface area contributed by atoms with Crippen LogP contribution < -0.4 is 4.74 Å². The van der Waals surface area contributed by atoms with Gasteiger partial charge in [0.25, 0.3) is 5.91 Å². The van der Waals surface area contributed by atoms with E-state index in [1.54, 1.807) is 11.9 Å². The van der Waals surface area contributed by atoms with Gasteiger partial charge in [0, 0.05) is 20.2 Å². The van der Waals surface area contributed by atoms with E-state index in [2.05, 4.69) is 0 Å². The highest BCUT2D eigenvalue weighted by Crippen LogP contribution is 2.13. The van der Waals surface area contributed by atoms with E-state index in [4.69, 9.17) is 9.84 Å². The molecule has 2 rings (SSSR count). The Kier molecular flexibility index (Phi) is 5.98. The smallest absolute Gasteiger partial charge is 0.260 e. The number of rotatable bonds is 7. The summed E-state index contributed by atoms with van der Waals surface area (Å²) in [5.41, 5.74) is 2.13. The number of ether oxygens (including phenoxy) is 1. The first-order valence-electron chi connectivity index (χ1n) is 7.29. The standard InChI is InChI=1S/C18H21NO3/c1-19(13-16-5-3-2-4-6-16)18(21)14-22-17-9-7-15(8-10-17)11-12-20/h2-10,20H,11-14H2,1H3. The maximum absolute atomic E-state index is 12.1. The molecule has 0 bridgehead atoms. The van der Waals surface area contributed by atoms with Gasteiger partial charge in [-0.25, -0.2) is 0 Å². The van der Waals surface area contributed by atoms with Crippen LogP contribution in [0.4, 0.5) is 0 Å². The number of nitrogens with zero attached hydrogens (tertiary/aromatic N) is 1. The molecule has 0 saturated heterocycles. The molecule has 0 unspecified atom stereocenters. The number of aliphatic hydroxyl groups excluding tert-OH is 1. The normalized spacial score (nSPS) is 10.3. The van der Waals surface area contributed by atoms with Gasteiger partial charge in [-0.2, -0.15) is 0 Å². The predicted octanol–water partition coefficient (Wildman–Crippen LogP) is 2.26. The maximum Gasteiger partial charge on any atom is 0.260 e. The van der Waals surface area contributed by atoms with Crippen molar-refractivity contribution in [3.63, 3.8) is 0 Å². The van der Waals surface area contributed by atoms with E-state index < -0.39 is 0 Å². The van der Waals surface area contributed by atoms with Crippen molar-refractivity contribution in [3.8, 4) is 5.75 Å². The first kappa shape index (κ1) is 16.0. The van der Waals surface area contributed by atoms with Crippen LogP contribution >= 0.6 is 0 Å². The number of amides is 1. The van der Waals surface area contributed by atoms with Gasteiger partial charge in [-0.05, 0) is 29.7 Å². The fourth-order valence-corrected chi connectivity index (χ4v) is 2.08. The highest BCUT2D eigenvalue weighted by molar-refractivity contribution is 5.77. The van der Waals surface area contributed by atoms with Crippen LogP contribution in [-0.4, -0.2) is 36.2 Å². The van der Waals surface area contributed by atoms with Crippen molar-refractivity contribution < 1.29 is 14.6 Å². The molecular formula is C18H21NO3. The van der Waals surface area contributed by atoms with Gasteiger partial charge in [-0.15, -0.1) is 0 Å². The van der Waals surface area contributed by atoms with Crippen molar-refractivity contribution in [2.45, 2.75) is 13.0 Å². The summed E-state index contributed by atoms with van der Waals surface area (Å²) in [6.45, 7) is 0.712. The molecule has 0 atom stereocenters. The average molecular weight is 299 g/mol. The summed E-state index contributed by atoms with van der Waals surface area (Å²) in [5.74, 6) is 0.589. The molecule has 0 aliphatic rings. The largest absolute Gasteiger partial charge is 0.484 e. The van der Waals surface area contributed by atoms with Crippen LogP contribution in [0.25, 0.3) is 0 Å². The number of benzene rings is 2. The third kappa shape index (κ3) is 4.90. The van der Waals surface area contributed by atoms with E-state index >= 15 is 0 Å². The minimum absolute atomic E-state index is 0.0165. The van der Waals surface area contributed by atoms with Crippen molar-refractivity contribution in [2.75, 3.05) is 20.3 Å². The molecule has 2 aromatic rings. The summed E-state index contributed by atoms with van der Waals surface area (Å²) in [7, 11) is 1.77. The molecule has 4 heteroatoms. The van der Waals surface area contributed by atoms with E-state index in [0.717, 1.165) is 11.1 Å². The minimum Gasteiger partial charge on any atom is -0.484 e. The molecule has 1 amide bonds. The summed E-state index contributed by atoms with van der Waals surface area (Å²) in [6.07, 6.45) is 0.624. The molecule has 2 aromatic carbocycles. The van der Waals surface area contributed by atoms with Crippen LogP contribution in [0, 0.1) is 0 Å². The third-order valence-electron chi connectivity index (χ3n) is 3.37. The second-order valence-electron chi connectivity index (χ2n) is 5.14. The summed E-state index contributed by atoms with van der Waals surface area (Å²) in [6, 6.07) is 17.3. The highest BCUT2D eigenvalue weighted by Gasteiger charge is 2.10. The van der Waals surface area contributed by atoms with Gasteiger partial charge >= 0.3 is 0 Å². The first-order chi connectivity index (χ1) is 10.7. The number of carbonyl (C=O) groups is 1. The van der Waals surface area contributed by atoms with Gasteiger partial charge in [-0.1, -0.05) is 42.5 Å². The van der Waals surface area contributed by atoms with Crippen LogP contribution in [-0.2, 0) is 17.8 Å². The van der Waals surface area contributed by atoms with Crippen LogP contribution in [0.3, 0.4) is 0 Å². The van der Waals surface area contributed by atoms with Gasteiger partial charge in [0.15, 0.2) is 6.61 Å². The van der Waals surface area contributed by atoms with E-state index in [1.165, 1.54) is 0 Å². The van der Waals surface area contributed by atoms with Gasteiger partial charge < -0.3 is 14.7 Å². The monoisotopic (exact) mass is 299 g/mol. The molecule has 0 saturated carbocycles. The molecule has 0 heterocycles. The third-order valence-corrected chi connectivity index (χ3v) is 3.37. The summed E-state index contributed by atoms with van der Waals surface area (Å²) < 4.78 is 5.51. The molecule has 0 aliphatic heterocycles. The van der Waals surface area contributed by atoms with Gasteiger partial charge in [0.2, 0.25) is 0 Å². The molecule has 1 N–H and O–H groups in total. The quantitative estimate of drug-likeness (QED) is 0.853. The van der Waals surface area contributed by atoms with Crippen LogP contribution in [0.5, 0.6) is 5.75 Å². The molecular weight excluding hydrogens is 278 g/mol. The number of hydrogen-bond donors (Lipinski definition) is 1. The van der Waals surface area contributed by atoms with Gasteiger partial charge in [-0.3, -0.25) is 4.79 Å². The zero-order chi connectivity index (χ0) is 15.8. The lowest BCUT2D eigenvalue weighted by Gasteiger charge is -2.17. The molecule has 22 heavy (non-hydrogen) atoms. The Hall–Kier alpha value is -2.33. The molecule has 0 radical (unpaired) electrons. The molecule has 0 fully saturated rings. The van der Waals surface area contributed by atoms with Gasteiger partial charge in [0.05, 0.1) is 0 Å². The van der Waals surface area contributed by atoms with Crippen LogP contribution in [0.1, 0.15) is 11.1 Å². The van der Waals surface area contributed by atoms with E-state index in [9.17, 15) is 4.79 Å². The van der Waals surface area contributed by atoms with Crippen LogP contribution in [0.15, 0.2) is 54.6 Å². The number of hydrogen-bond acceptors (Lipinski definition) is 3.